The van der Waals surface area contributed by atoms with Crippen LogP contribution in [0, 0.1) is 0 Å². The first kappa shape index (κ1) is 26.5. The first-order valence-electron chi connectivity index (χ1n) is 12.1. The third kappa shape index (κ3) is 8.26. The summed E-state index contributed by atoms with van der Waals surface area (Å²) in [6.45, 7) is 15.5. The summed E-state index contributed by atoms with van der Waals surface area (Å²) in [5.74, 6) is 0. The van der Waals surface area contributed by atoms with Crippen molar-refractivity contribution < 1.29 is 0 Å². The number of nitrogens with zero attached hydrogens (tertiary/aromatic N) is 3. The highest BCUT2D eigenvalue weighted by atomic mass is 15.1. The number of hydrogen-bond acceptors (Lipinski definition) is 3. The van der Waals surface area contributed by atoms with Gasteiger partial charge in [0, 0.05) is 30.1 Å². The average molecular weight is 420 g/mol. The summed E-state index contributed by atoms with van der Waals surface area (Å²) in [6.07, 6.45) is 7.57. The van der Waals surface area contributed by atoms with E-state index < -0.39 is 0 Å². The fourth-order valence-corrected chi connectivity index (χ4v) is 3.50. The zero-order valence-corrected chi connectivity index (χ0v) is 20.4. The van der Waals surface area contributed by atoms with Gasteiger partial charge in [-0.3, -0.25) is 14.9 Å². The van der Waals surface area contributed by atoms with Crippen molar-refractivity contribution in [2.75, 3.05) is 13.1 Å². The van der Waals surface area contributed by atoms with E-state index in [1.54, 1.807) is 12.4 Å². The topological polar surface area (TPSA) is 29.0 Å². The van der Waals surface area contributed by atoms with Crippen molar-refractivity contribution in [3.63, 3.8) is 0 Å². The molecule has 0 bridgehead atoms. The van der Waals surface area contributed by atoms with Crippen LogP contribution in [0.4, 0.5) is 0 Å². The van der Waals surface area contributed by atoms with E-state index in [-0.39, 0.29) is 0 Å². The average Bonchev–Trinajstić information content (AvgIpc) is 2.89. The molecule has 3 aromatic rings. The molecule has 0 atom stereocenters. The monoisotopic (exact) mass is 419 g/mol. The minimum atomic E-state index is 0.937. The molecule has 1 aromatic heterocycles. The van der Waals surface area contributed by atoms with E-state index in [1.807, 2.05) is 59.7 Å². The molecule has 0 spiro atoms. The summed E-state index contributed by atoms with van der Waals surface area (Å²) in [5, 5.41) is 0. The standard InChI is InChI=1S/C22H23N3.3C2H6/c1-3-7-19(8-4-1)21-22(24-14-13-23-21)20-11-9-18(10-12-20)17-25-15-5-2-6-16-25;3*1-2/h1,3-4,7-14H,2,5-6,15-17H2;3*1-2H3. The number of piperidine rings is 1. The lowest BCUT2D eigenvalue weighted by molar-refractivity contribution is 0.221. The predicted octanol–water partition coefficient (Wildman–Crippen LogP) is 7.88. The van der Waals surface area contributed by atoms with Gasteiger partial charge in [0.2, 0.25) is 0 Å². The quantitative estimate of drug-likeness (QED) is 0.431. The molecule has 0 amide bonds. The minimum absolute atomic E-state index is 0.937. The van der Waals surface area contributed by atoms with Gasteiger partial charge >= 0.3 is 0 Å². The van der Waals surface area contributed by atoms with Crippen molar-refractivity contribution in [2.24, 2.45) is 0 Å². The molecular formula is C28H41N3. The van der Waals surface area contributed by atoms with Crippen molar-refractivity contribution in [3.8, 4) is 22.5 Å². The van der Waals surface area contributed by atoms with E-state index in [0.29, 0.717) is 0 Å². The van der Waals surface area contributed by atoms with Gasteiger partial charge in [-0.25, -0.2) is 0 Å². The summed E-state index contributed by atoms with van der Waals surface area (Å²) < 4.78 is 0. The van der Waals surface area contributed by atoms with Gasteiger partial charge in [0.15, 0.2) is 0 Å². The summed E-state index contributed by atoms with van der Waals surface area (Å²) in [4.78, 5) is 11.7. The van der Waals surface area contributed by atoms with Gasteiger partial charge in [-0.2, -0.15) is 0 Å². The maximum absolute atomic E-state index is 4.60. The van der Waals surface area contributed by atoms with E-state index in [4.69, 9.17) is 0 Å². The van der Waals surface area contributed by atoms with E-state index in [2.05, 4.69) is 51.3 Å². The lowest BCUT2D eigenvalue weighted by Gasteiger charge is -2.26. The summed E-state index contributed by atoms with van der Waals surface area (Å²) in [6, 6.07) is 19.1. The highest BCUT2D eigenvalue weighted by molar-refractivity contribution is 5.77. The molecule has 1 fully saturated rings. The van der Waals surface area contributed by atoms with Gasteiger partial charge in [-0.15, -0.1) is 0 Å². The Balaban J connectivity index is 0.000000739. The van der Waals surface area contributed by atoms with Gasteiger partial charge in [0.25, 0.3) is 0 Å². The lowest BCUT2D eigenvalue weighted by Crippen LogP contribution is -2.28. The molecule has 1 aliphatic rings. The number of benzene rings is 2. The number of rotatable bonds is 4. The Morgan fingerprint density at radius 1 is 0.613 bits per heavy atom. The van der Waals surface area contributed by atoms with Crippen molar-refractivity contribution in [1.29, 1.82) is 0 Å². The smallest absolute Gasteiger partial charge is 0.0965 e. The summed E-state index contributed by atoms with van der Waals surface area (Å²) in [5.41, 5.74) is 5.47. The molecule has 2 heterocycles. The Morgan fingerprint density at radius 2 is 1.10 bits per heavy atom. The van der Waals surface area contributed by atoms with Crippen molar-refractivity contribution in [1.82, 2.24) is 14.9 Å². The van der Waals surface area contributed by atoms with Crippen LogP contribution in [0.1, 0.15) is 66.4 Å². The van der Waals surface area contributed by atoms with Gasteiger partial charge in [-0.05, 0) is 31.5 Å². The van der Waals surface area contributed by atoms with Crippen molar-refractivity contribution >= 4 is 0 Å². The molecule has 1 aliphatic heterocycles. The summed E-state index contributed by atoms with van der Waals surface area (Å²) in [7, 11) is 0. The second-order valence-corrected chi connectivity index (χ2v) is 6.65. The summed E-state index contributed by atoms with van der Waals surface area (Å²) >= 11 is 0. The third-order valence-corrected chi connectivity index (χ3v) is 4.83. The molecule has 3 heteroatoms. The molecule has 0 unspecified atom stereocenters. The molecular weight excluding hydrogens is 378 g/mol. The number of aromatic nitrogens is 2. The maximum atomic E-state index is 4.60. The molecule has 4 rings (SSSR count). The van der Waals surface area contributed by atoms with Crippen LogP contribution in [0.15, 0.2) is 67.0 Å². The Kier molecular flexibility index (Phi) is 13.9. The molecule has 0 saturated carbocycles. The van der Waals surface area contributed by atoms with Crippen LogP contribution in [-0.2, 0) is 6.54 Å². The van der Waals surface area contributed by atoms with Gasteiger partial charge in [0.1, 0.15) is 0 Å². The highest BCUT2D eigenvalue weighted by Crippen LogP contribution is 2.28. The van der Waals surface area contributed by atoms with E-state index in [0.717, 1.165) is 29.1 Å². The van der Waals surface area contributed by atoms with E-state index >= 15 is 0 Å². The minimum Gasteiger partial charge on any atom is -0.299 e. The fourth-order valence-electron chi connectivity index (χ4n) is 3.50. The molecule has 0 aliphatic carbocycles. The molecule has 168 valence electrons. The molecule has 0 radical (unpaired) electrons. The van der Waals surface area contributed by atoms with Crippen LogP contribution in [0.25, 0.3) is 22.5 Å². The van der Waals surface area contributed by atoms with Crippen molar-refractivity contribution in [2.45, 2.75) is 67.3 Å². The van der Waals surface area contributed by atoms with Gasteiger partial charge in [-0.1, -0.05) is 103 Å². The molecule has 2 aromatic carbocycles. The third-order valence-electron chi connectivity index (χ3n) is 4.83. The molecule has 31 heavy (non-hydrogen) atoms. The molecule has 1 saturated heterocycles. The second-order valence-electron chi connectivity index (χ2n) is 6.65. The number of hydrogen-bond donors (Lipinski definition) is 0. The molecule has 3 nitrogen and oxygen atoms in total. The van der Waals surface area contributed by atoms with Crippen LogP contribution in [-0.4, -0.2) is 28.0 Å². The lowest BCUT2D eigenvalue weighted by atomic mass is 10.0. The predicted molar refractivity (Wildman–Crippen MR) is 136 cm³/mol. The van der Waals surface area contributed by atoms with Crippen LogP contribution in [0.3, 0.4) is 0 Å². The van der Waals surface area contributed by atoms with Crippen LogP contribution in [0.5, 0.6) is 0 Å². The Hall–Kier alpha value is -2.52. The second kappa shape index (κ2) is 16.2. The van der Waals surface area contributed by atoms with Crippen LogP contribution < -0.4 is 0 Å². The Bertz CT molecular complexity index is 807. The SMILES string of the molecule is CC.CC.CC.c1ccc(-c2nccnc2-c2ccc(CN3CCCCC3)cc2)cc1. The Morgan fingerprint density at radius 3 is 1.61 bits per heavy atom. The Labute approximate surface area is 190 Å². The van der Waals surface area contributed by atoms with E-state index in [9.17, 15) is 0 Å². The first-order valence-corrected chi connectivity index (χ1v) is 12.1. The molecule has 0 N–H and O–H groups in total. The number of likely N-dealkylation sites (tertiary alicyclic amines) is 1. The zero-order valence-electron chi connectivity index (χ0n) is 20.4. The highest BCUT2D eigenvalue weighted by Gasteiger charge is 2.12. The van der Waals surface area contributed by atoms with E-state index in [1.165, 1.54) is 37.9 Å². The maximum Gasteiger partial charge on any atom is 0.0965 e. The van der Waals surface area contributed by atoms with Crippen LogP contribution >= 0.6 is 0 Å². The van der Waals surface area contributed by atoms with Gasteiger partial charge in [0.05, 0.1) is 11.4 Å². The largest absolute Gasteiger partial charge is 0.299 e. The van der Waals surface area contributed by atoms with Crippen LogP contribution in [0.2, 0.25) is 0 Å². The normalized spacial score (nSPS) is 12.8. The zero-order chi connectivity index (χ0) is 22.9. The first-order chi connectivity index (χ1) is 15.4. The fraction of sp³-hybridized carbons (Fsp3) is 0.429. The van der Waals surface area contributed by atoms with Gasteiger partial charge < -0.3 is 0 Å². The van der Waals surface area contributed by atoms with Crippen molar-refractivity contribution in [3.05, 3.63) is 72.6 Å².